The number of methoxy groups -OCH3 is 1. The van der Waals surface area contributed by atoms with Gasteiger partial charge in [0.2, 0.25) is 0 Å². The molecule has 1 aromatic carbocycles. The van der Waals surface area contributed by atoms with Gasteiger partial charge in [-0.05, 0) is 23.3 Å². The Kier molecular flexibility index (Phi) is 4.07. The minimum absolute atomic E-state index is 0.272. The summed E-state index contributed by atoms with van der Waals surface area (Å²) in [7, 11) is 1.65. The van der Waals surface area contributed by atoms with Gasteiger partial charge < -0.3 is 10.5 Å². The fraction of sp³-hybridized carbons (Fsp3) is 0.308. The predicted molar refractivity (Wildman–Crippen MR) is 67.4 cm³/mol. The van der Waals surface area contributed by atoms with Crippen LogP contribution >= 0.6 is 0 Å². The lowest BCUT2D eigenvalue weighted by atomic mass is 10.0. The molecule has 2 aromatic rings. The quantitative estimate of drug-likeness (QED) is 0.879. The number of rotatable bonds is 5. The largest absolute Gasteiger partial charge is 0.383 e. The molecule has 0 bridgehead atoms. The normalized spacial score (nSPS) is 10.8. The highest BCUT2D eigenvalue weighted by atomic mass is 19.1. The Balaban J connectivity index is 2.28. The SMILES string of the molecule is COCCn1cc(-c2ccc(F)cc2CN)cn1. The first-order valence-corrected chi connectivity index (χ1v) is 5.75. The van der Waals surface area contributed by atoms with Crippen molar-refractivity contribution in [3.8, 4) is 11.1 Å². The summed E-state index contributed by atoms with van der Waals surface area (Å²) in [6.45, 7) is 1.60. The van der Waals surface area contributed by atoms with Crippen LogP contribution in [0, 0.1) is 5.82 Å². The van der Waals surface area contributed by atoms with Gasteiger partial charge in [0.1, 0.15) is 5.82 Å². The zero-order chi connectivity index (χ0) is 13.0. The van der Waals surface area contributed by atoms with Crippen molar-refractivity contribution in [2.45, 2.75) is 13.1 Å². The van der Waals surface area contributed by atoms with Crippen LogP contribution < -0.4 is 5.73 Å². The number of aromatic nitrogens is 2. The van der Waals surface area contributed by atoms with E-state index < -0.39 is 0 Å². The molecule has 5 heteroatoms. The molecule has 1 aromatic heterocycles. The van der Waals surface area contributed by atoms with Crippen molar-refractivity contribution >= 4 is 0 Å². The van der Waals surface area contributed by atoms with Gasteiger partial charge >= 0.3 is 0 Å². The molecule has 0 unspecified atom stereocenters. The van der Waals surface area contributed by atoms with Gasteiger partial charge in [-0.25, -0.2) is 4.39 Å². The summed E-state index contributed by atoms with van der Waals surface area (Å²) >= 11 is 0. The summed E-state index contributed by atoms with van der Waals surface area (Å²) in [5.74, 6) is -0.272. The summed E-state index contributed by atoms with van der Waals surface area (Å²) in [6, 6.07) is 4.62. The summed E-state index contributed by atoms with van der Waals surface area (Å²) in [6.07, 6.45) is 3.66. The molecule has 0 spiro atoms. The van der Waals surface area contributed by atoms with Gasteiger partial charge in [0.05, 0.1) is 19.3 Å². The Labute approximate surface area is 105 Å². The van der Waals surface area contributed by atoms with E-state index in [1.165, 1.54) is 12.1 Å². The maximum Gasteiger partial charge on any atom is 0.123 e. The Bertz CT molecular complexity index is 525. The third-order valence-corrected chi connectivity index (χ3v) is 2.76. The molecule has 0 fully saturated rings. The van der Waals surface area contributed by atoms with E-state index in [2.05, 4.69) is 5.10 Å². The fourth-order valence-corrected chi connectivity index (χ4v) is 1.82. The van der Waals surface area contributed by atoms with E-state index in [-0.39, 0.29) is 5.82 Å². The minimum atomic E-state index is -0.272. The molecule has 2 rings (SSSR count). The standard InChI is InChI=1S/C13H16FN3O/c1-18-5-4-17-9-11(8-16-17)13-3-2-12(14)6-10(13)7-15/h2-3,6,8-9H,4-5,7,15H2,1H3. The van der Waals surface area contributed by atoms with Crippen molar-refractivity contribution in [2.75, 3.05) is 13.7 Å². The van der Waals surface area contributed by atoms with Crippen LogP contribution in [0.15, 0.2) is 30.6 Å². The highest BCUT2D eigenvalue weighted by molar-refractivity contribution is 5.66. The highest BCUT2D eigenvalue weighted by Gasteiger charge is 2.07. The van der Waals surface area contributed by atoms with Gasteiger partial charge in [-0.1, -0.05) is 6.07 Å². The first-order chi connectivity index (χ1) is 8.74. The van der Waals surface area contributed by atoms with Crippen LogP contribution in [0.2, 0.25) is 0 Å². The highest BCUT2D eigenvalue weighted by Crippen LogP contribution is 2.23. The zero-order valence-corrected chi connectivity index (χ0v) is 10.3. The maximum atomic E-state index is 13.1. The second kappa shape index (κ2) is 5.75. The minimum Gasteiger partial charge on any atom is -0.383 e. The van der Waals surface area contributed by atoms with Gasteiger partial charge in [0.25, 0.3) is 0 Å². The number of ether oxygens (including phenoxy) is 1. The number of nitrogens with zero attached hydrogens (tertiary/aromatic N) is 2. The molecular weight excluding hydrogens is 233 g/mol. The van der Waals surface area contributed by atoms with Crippen molar-refractivity contribution in [3.05, 3.63) is 42.0 Å². The Morgan fingerprint density at radius 3 is 3.00 bits per heavy atom. The van der Waals surface area contributed by atoms with Crippen molar-refractivity contribution in [1.29, 1.82) is 0 Å². The lowest BCUT2D eigenvalue weighted by Crippen LogP contribution is -2.04. The van der Waals surface area contributed by atoms with Gasteiger partial charge in [-0.3, -0.25) is 4.68 Å². The van der Waals surface area contributed by atoms with Crippen molar-refractivity contribution in [2.24, 2.45) is 5.73 Å². The monoisotopic (exact) mass is 249 g/mol. The van der Waals surface area contributed by atoms with Gasteiger partial charge in [0.15, 0.2) is 0 Å². The van der Waals surface area contributed by atoms with Crippen molar-refractivity contribution in [1.82, 2.24) is 9.78 Å². The zero-order valence-electron chi connectivity index (χ0n) is 10.3. The van der Waals surface area contributed by atoms with E-state index in [4.69, 9.17) is 10.5 Å². The molecule has 0 saturated carbocycles. The molecule has 0 radical (unpaired) electrons. The van der Waals surface area contributed by atoms with E-state index >= 15 is 0 Å². The summed E-state index contributed by atoms with van der Waals surface area (Å²) in [4.78, 5) is 0. The summed E-state index contributed by atoms with van der Waals surface area (Å²) < 4.78 is 19.9. The molecule has 18 heavy (non-hydrogen) atoms. The molecule has 0 amide bonds. The number of hydrogen-bond donors (Lipinski definition) is 1. The molecule has 0 saturated heterocycles. The van der Waals surface area contributed by atoms with Gasteiger partial charge in [-0.15, -0.1) is 0 Å². The van der Waals surface area contributed by atoms with Crippen molar-refractivity contribution < 1.29 is 9.13 Å². The van der Waals surface area contributed by atoms with E-state index in [1.54, 1.807) is 24.1 Å². The average molecular weight is 249 g/mol. The second-order valence-electron chi connectivity index (χ2n) is 3.99. The maximum absolute atomic E-state index is 13.1. The first kappa shape index (κ1) is 12.7. The third-order valence-electron chi connectivity index (χ3n) is 2.76. The summed E-state index contributed by atoms with van der Waals surface area (Å²) in [5, 5.41) is 4.23. The van der Waals surface area contributed by atoms with Crippen LogP contribution in [0.5, 0.6) is 0 Å². The molecule has 0 aliphatic carbocycles. The molecule has 2 N–H and O–H groups in total. The molecule has 4 nitrogen and oxygen atoms in total. The van der Waals surface area contributed by atoms with Crippen LogP contribution in [0.25, 0.3) is 11.1 Å². The van der Waals surface area contributed by atoms with E-state index in [0.717, 1.165) is 16.7 Å². The Morgan fingerprint density at radius 1 is 1.44 bits per heavy atom. The molecule has 0 atom stereocenters. The first-order valence-electron chi connectivity index (χ1n) is 5.75. The summed E-state index contributed by atoms with van der Waals surface area (Å²) in [5.41, 5.74) is 8.26. The average Bonchev–Trinajstić information content (AvgIpc) is 2.84. The lowest BCUT2D eigenvalue weighted by molar-refractivity contribution is 0.183. The van der Waals surface area contributed by atoms with Crippen molar-refractivity contribution in [3.63, 3.8) is 0 Å². The Morgan fingerprint density at radius 2 is 2.28 bits per heavy atom. The van der Waals surface area contributed by atoms with Crippen LogP contribution in [0.1, 0.15) is 5.56 Å². The van der Waals surface area contributed by atoms with E-state index in [0.29, 0.717) is 19.7 Å². The number of nitrogens with two attached hydrogens (primary N) is 1. The molecule has 96 valence electrons. The number of benzene rings is 1. The van der Waals surface area contributed by atoms with Crippen LogP contribution in [-0.4, -0.2) is 23.5 Å². The topological polar surface area (TPSA) is 53.1 Å². The number of halogens is 1. The molecule has 0 aliphatic rings. The predicted octanol–water partition coefficient (Wildman–Crippen LogP) is 1.79. The number of hydrogen-bond acceptors (Lipinski definition) is 3. The van der Waals surface area contributed by atoms with Crippen LogP contribution in [0.3, 0.4) is 0 Å². The molecular formula is C13H16FN3O. The molecule has 0 aliphatic heterocycles. The molecule has 1 heterocycles. The van der Waals surface area contributed by atoms with Gasteiger partial charge in [-0.2, -0.15) is 5.10 Å². The van der Waals surface area contributed by atoms with Crippen LogP contribution in [0.4, 0.5) is 4.39 Å². The fourth-order valence-electron chi connectivity index (χ4n) is 1.82. The van der Waals surface area contributed by atoms with E-state index in [9.17, 15) is 4.39 Å². The third kappa shape index (κ3) is 2.75. The Hall–Kier alpha value is -1.72. The van der Waals surface area contributed by atoms with Gasteiger partial charge in [0, 0.05) is 25.4 Å². The van der Waals surface area contributed by atoms with E-state index in [1.807, 2.05) is 6.20 Å². The smallest absolute Gasteiger partial charge is 0.123 e. The lowest BCUT2D eigenvalue weighted by Gasteiger charge is -2.05. The van der Waals surface area contributed by atoms with Crippen LogP contribution in [-0.2, 0) is 17.8 Å². The second-order valence-corrected chi connectivity index (χ2v) is 3.99.